The maximum atomic E-state index is 2.65. The number of fused-ring (bicyclic) bond motifs is 10. The second kappa shape index (κ2) is 14.5. The van der Waals surface area contributed by atoms with Gasteiger partial charge in [-0.1, -0.05) is 148 Å². The molecule has 0 spiro atoms. The van der Waals surface area contributed by atoms with Gasteiger partial charge in [0.25, 0.3) is 0 Å². The van der Waals surface area contributed by atoms with Crippen LogP contribution in [0.3, 0.4) is 0 Å². The fourth-order valence-electron chi connectivity index (χ4n) is 11.4. The van der Waals surface area contributed by atoms with E-state index in [1.54, 1.807) is 11.1 Å². The summed E-state index contributed by atoms with van der Waals surface area (Å²) in [6.07, 6.45) is 0. The lowest BCUT2D eigenvalue weighted by Crippen LogP contribution is -2.63. The molecule has 300 valence electrons. The molecule has 0 amide bonds. The van der Waals surface area contributed by atoms with Crippen LogP contribution in [0.25, 0.3) is 43.4 Å². The summed E-state index contributed by atoms with van der Waals surface area (Å²) < 4.78 is -0.0825. The van der Waals surface area contributed by atoms with Crippen LogP contribution in [0.15, 0.2) is 182 Å². The Labute approximate surface area is 363 Å². The largest absolute Gasteiger partial charge is 0.310 e. The quantitative estimate of drug-likeness (QED) is 0.111. The lowest BCUT2D eigenvalue weighted by atomic mass is 9.91. The minimum Gasteiger partial charge on any atom is -0.310 e. The second-order valence-corrected chi connectivity index (χ2v) is 30.2. The van der Waals surface area contributed by atoms with Crippen molar-refractivity contribution in [2.45, 2.75) is 57.8 Å². The monoisotopic (exact) mass is 822 g/mol. The van der Waals surface area contributed by atoms with E-state index in [4.69, 9.17) is 0 Å². The van der Waals surface area contributed by atoms with Crippen molar-refractivity contribution in [2.24, 2.45) is 0 Å². The molecule has 0 unspecified atom stereocenters. The van der Waals surface area contributed by atoms with Gasteiger partial charge in [0.15, 0.2) is 0 Å². The van der Waals surface area contributed by atoms with Crippen molar-refractivity contribution in [1.29, 1.82) is 0 Å². The molecule has 0 fully saturated rings. The standard InChI is InChI=1S/C57H54N2Si2/c1-39-19-17-25-44(35-39)58(42-21-11-9-12-22-42)46-30-33-48-41(37-46)29-32-52-54-50-28-16-15-27-49(50)53-38-47(59(43-23-13-10-14-24-43)45-26-18-20-40(2)36-45)31-34-51(53)56(54)57(55(48)52,60(3,4)5)61(6,7)8/h9-38H,1-8H3. The van der Waals surface area contributed by atoms with Crippen LogP contribution in [0.1, 0.15) is 22.3 Å². The molecule has 1 aliphatic carbocycles. The highest BCUT2D eigenvalue weighted by Crippen LogP contribution is 2.63. The minimum absolute atomic E-state index is 0.0825. The molecule has 0 aliphatic heterocycles. The highest BCUT2D eigenvalue weighted by Gasteiger charge is 2.60. The zero-order chi connectivity index (χ0) is 42.3. The Morgan fingerprint density at radius 1 is 0.344 bits per heavy atom. The molecule has 9 aromatic rings. The summed E-state index contributed by atoms with van der Waals surface area (Å²) in [7, 11) is -4.17. The predicted octanol–water partition coefficient (Wildman–Crippen LogP) is 16.7. The van der Waals surface area contributed by atoms with Gasteiger partial charge < -0.3 is 9.80 Å². The Balaban J connectivity index is 1.27. The molecule has 2 nitrogen and oxygen atoms in total. The summed E-state index contributed by atoms with van der Waals surface area (Å²) in [5.41, 5.74) is 15.5. The number of para-hydroxylation sites is 2. The third-order valence-electron chi connectivity index (χ3n) is 13.3. The zero-order valence-electron chi connectivity index (χ0n) is 36.7. The Morgan fingerprint density at radius 2 is 0.820 bits per heavy atom. The second-order valence-electron chi connectivity index (χ2n) is 19.2. The summed E-state index contributed by atoms with van der Waals surface area (Å²) >= 11 is 0. The first-order valence-electron chi connectivity index (χ1n) is 21.8. The predicted molar refractivity (Wildman–Crippen MR) is 271 cm³/mol. The van der Waals surface area contributed by atoms with E-state index >= 15 is 0 Å². The lowest BCUT2D eigenvalue weighted by Gasteiger charge is -2.52. The van der Waals surface area contributed by atoms with Crippen LogP contribution in [0.4, 0.5) is 34.1 Å². The molecule has 1 aliphatic rings. The van der Waals surface area contributed by atoms with E-state index in [2.05, 4.69) is 245 Å². The van der Waals surface area contributed by atoms with Gasteiger partial charge in [-0.15, -0.1) is 0 Å². The Hall–Kier alpha value is -6.21. The first-order valence-corrected chi connectivity index (χ1v) is 28.8. The number of hydrogen-bond donors (Lipinski definition) is 0. The van der Waals surface area contributed by atoms with Crippen molar-refractivity contribution < 1.29 is 0 Å². The maximum absolute atomic E-state index is 2.65. The molecule has 9 aromatic carbocycles. The van der Waals surface area contributed by atoms with Gasteiger partial charge >= 0.3 is 0 Å². The van der Waals surface area contributed by atoms with E-state index in [-0.39, 0.29) is 4.66 Å². The van der Waals surface area contributed by atoms with Gasteiger partial charge in [-0.2, -0.15) is 0 Å². The molecule has 0 saturated heterocycles. The number of rotatable bonds is 8. The van der Waals surface area contributed by atoms with Crippen molar-refractivity contribution in [3.63, 3.8) is 0 Å². The molecule has 10 rings (SSSR count). The first kappa shape index (κ1) is 39.0. The van der Waals surface area contributed by atoms with Gasteiger partial charge in [-0.25, -0.2) is 0 Å². The molecule has 61 heavy (non-hydrogen) atoms. The van der Waals surface area contributed by atoms with Crippen molar-refractivity contribution in [1.82, 2.24) is 0 Å². The van der Waals surface area contributed by atoms with Crippen LogP contribution in [0, 0.1) is 13.8 Å². The normalized spacial score (nSPS) is 13.4. The Morgan fingerprint density at radius 3 is 1.36 bits per heavy atom. The van der Waals surface area contributed by atoms with Crippen molar-refractivity contribution in [2.75, 3.05) is 9.80 Å². The van der Waals surface area contributed by atoms with E-state index in [0.29, 0.717) is 0 Å². The fourth-order valence-corrected chi connectivity index (χ4v) is 24.4. The summed E-state index contributed by atoms with van der Waals surface area (Å²) in [6.45, 7) is 20.3. The van der Waals surface area contributed by atoms with Gasteiger partial charge in [0.05, 0.1) is 16.1 Å². The van der Waals surface area contributed by atoms with Crippen molar-refractivity contribution in [3.8, 4) is 11.1 Å². The molecule has 0 aromatic heterocycles. The van der Waals surface area contributed by atoms with Gasteiger partial charge in [-0.3, -0.25) is 0 Å². The minimum atomic E-state index is -2.09. The van der Waals surface area contributed by atoms with Crippen LogP contribution in [-0.2, 0) is 4.66 Å². The molecular weight excluding hydrogens is 769 g/mol. The lowest BCUT2D eigenvalue weighted by molar-refractivity contribution is 0.973. The molecule has 0 N–H and O–H groups in total. The number of nitrogens with zero attached hydrogens (tertiary/aromatic N) is 2. The number of hydrogen-bond acceptors (Lipinski definition) is 2. The van der Waals surface area contributed by atoms with Gasteiger partial charge in [-0.05, 0) is 152 Å². The summed E-state index contributed by atoms with van der Waals surface area (Å²) in [5, 5.41) is 8.09. The maximum Gasteiger partial charge on any atom is 0.0579 e. The van der Waals surface area contributed by atoms with Crippen LogP contribution >= 0.6 is 0 Å². The van der Waals surface area contributed by atoms with Crippen molar-refractivity contribution >= 4 is 82.6 Å². The van der Waals surface area contributed by atoms with E-state index in [9.17, 15) is 0 Å². The molecule has 0 bridgehead atoms. The number of aryl methyl sites for hydroxylation is 2. The Kier molecular flexibility index (Phi) is 9.24. The average Bonchev–Trinajstić information content (AvgIpc) is 3.59. The van der Waals surface area contributed by atoms with E-state index in [1.807, 2.05) is 0 Å². The molecule has 0 radical (unpaired) electrons. The summed E-state index contributed by atoms with van der Waals surface area (Å²) in [6, 6.07) is 68.2. The number of anilines is 6. The van der Waals surface area contributed by atoms with Gasteiger partial charge in [0.1, 0.15) is 0 Å². The number of benzene rings is 9. The summed E-state index contributed by atoms with van der Waals surface area (Å²) in [5.74, 6) is 0. The van der Waals surface area contributed by atoms with Crippen LogP contribution in [-0.4, -0.2) is 16.1 Å². The topological polar surface area (TPSA) is 6.48 Å². The Bertz CT molecular complexity index is 3130. The SMILES string of the molecule is Cc1cccc(N(c2ccccc2)c2ccc3c4c(ccc3c2)-c2c(c3ccc(N(c5ccccc5)c5cccc(C)c5)cc3c3ccccc23)C4([Si](C)(C)C)[Si](C)(C)C)c1. The molecular formula is C57H54N2Si2. The van der Waals surface area contributed by atoms with E-state index < -0.39 is 16.1 Å². The third-order valence-corrected chi connectivity index (χ3v) is 23.3. The van der Waals surface area contributed by atoms with Crippen LogP contribution in [0.5, 0.6) is 0 Å². The summed E-state index contributed by atoms with van der Waals surface area (Å²) in [4.78, 5) is 4.83. The zero-order valence-corrected chi connectivity index (χ0v) is 38.7. The van der Waals surface area contributed by atoms with Gasteiger partial charge in [0.2, 0.25) is 0 Å². The van der Waals surface area contributed by atoms with E-state index in [0.717, 1.165) is 11.4 Å². The third kappa shape index (κ3) is 6.10. The molecule has 0 atom stereocenters. The highest BCUT2D eigenvalue weighted by molar-refractivity contribution is 7.00. The molecule has 0 heterocycles. The van der Waals surface area contributed by atoms with Crippen LogP contribution in [0.2, 0.25) is 39.3 Å². The van der Waals surface area contributed by atoms with E-state index in [1.165, 1.54) is 77.3 Å². The average molecular weight is 823 g/mol. The molecule has 4 heteroatoms. The van der Waals surface area contributed by atoms with Crippen LogP contribution < -0.4 is 9.80 Å². The fraction of sp³-hybridized carbons (Fsp3) is 0.158. The van der Waals surface area contributed by atoms with Gasteiger partial charge in [0, 0.05) is 38.8 Å². The molecule has 0 saturated carbocycles. The van der Waals surface area contributed by atoms with Crippen molar-refractivity contribution in [3.05, 3.63) is 204 Å². The first-order chi connectivity index (χ1) is 29.4. The smallest absolute Gasteiger partial charge is 0.0579 e. The highest BCUT2D eigenvalue weighted by atomic mass is 28.4.